The van der Waals surface area contributed by atoms with E-state index in [9.17, 15) is 0 Å². The van der Waals surface area contributed by atoms with Gasteiger partial charge in [-0.25, -0.2) is 0 Å². The highest BCUT2D eigenvalue weighted by molar-refractivity contribution is 5.79. The number of para-hydroxylation sites is 1. The summed E-state index contributed by atoms with van der Waals surface area (Å²) in [6.45, 7) is 11.7. The SMILES string of the molecule is CN=C(NCCCOCC1CCOC1)NCC(C)N1CCN(c2ccccc2)CC1. The molecule has 1 aromatic carbocycles. The number of nitrogens with zero attached hydrogens (tertiary/aromatic N) is 3. The van der Waals surface area contributed by atoms with Crippen LogP contribution in [0.5, 0.6) is 0 Å². The van der Waals surface area contributed by atoms with Crippen molar-refractivity contribution in [2.24, 2.45) is 10.9 Å². The molecular formula is C23H39N5O2. The Morgan fingerprint density at radius 1 is 1.20 bits per heavy atom. The molecule has 0 bridgehead atoms. The van der Waals surface area contributed by atoms with Gasteiger partial charge < -0.3 is 25.0 Å². The molecule has 2 heterocycles. The lowest BCUT2D eigenvalue weighted by molar-refractivity contribution is 0.0888. The molecule has 3 rings (SSSR count). The summed E-state index contributed by atoms with van der Waals surface area (Å²) < 4.78 is 11.1. The Hall–Kier alpha value is -1.83. The maximum Gasteiger partial charge on any atom is 0.191 e. The average Bonchev–Trinajstić information content (AvgIpc) is 3.32. The maximum atomic E-state index is 5.76. The number of ether oxygens (including phenoxy) is 2. The summed E-state index contributed by atoms with van der Waals surface area (Å²) in [5.41, 5.74) is 1.33. The summed E-state index contributed by atoms with van der Waals surface area (Å²) in [7, 11) is 1.83. The topological polar surface area (TPSA) is 61.4 Å². The second kappa shape index (κ2) is 12.8. The van der Waals surface area contributed by atoms with Gasteiger partial charge in [-0.3, -0.25) is 9.89 Å². The van der Waals surface area contributed by atoms with Crippen LogP contribution in [0.15, 0.2) is 35.3 Å². The van der Waals surface area contributed by atoms with E-state index in [0.717, 1.165) is 84.5 Å². The van der Waals surface area contributed by atoms with E-state index < -0.39 is 0 Å². The lowest BCUT2D eigenvalue weighted by Crippen LogP contribution is -2.53. The highest BCUT2D eigenvalue weighted by Crippen LogP contribution is 2.16. The molecule has 0 aromatic heterocycles. The van der Waals surface area contributed by atoms with Gasteiger partial charge in [-0.15, -0.1) is 0 Å². The third kappa shape index (κ3) is 7.45. The van der Waals surface area contributed by atoms with Crippen LogP contribution in [-0.4, -0.2) is 89.6 Å². The van der Waals surface area contributed by atoms with Crippen LogP contribution in [0, 0.1) is 5.92 Å². The first kappa shape index (κ1) is 22.8. The van der Waals surface area contributed by atoms with Gasteiger partial charge >= 0.3 is 0 Å². The van der Waals surface area contributed by atoms with Crippen molar-refractivity contribution in [3.63, 3.8) is 0 Å². The number of guanidine groups is 1. The van der Waals surface area contributed by atoms with Crippen molar-refractivity contribution >= 4 is 11.6 Å². The van der Waals surface area contributed by atoms with Gasteiger partial charge in [0.2, 0.25) is 0 Å². The standard InChI is InChI=1S/C23H39N5O2/c1-20(27-11-13-28(14-12-27)22-7-4-3-5-8-22)17-26-23(24-2)25-10-6-15-29-18-21-9-16-30-19-21/h3-5,7-8,20-21H,6,9-19H2,1-2H3,(H2,24,25,26). The Kier molecular flexibility index (Phi) is 9.73. The molecule has 0 aliphatic carbocycles. The summed E-state index contributed by atoms with van der Waals surface area (Å²) in [4.78, 5) is 9.38. The van der Waals surface area contributed by atoms with Crippen molar-refractivity contribution in [2.45, 2.75) is 25.8 Å². The van der Waals surface area contributed by atoms with Crippen molar-refractivity contribution in [2.75, 3.05) is 77.6 Å². The zero-order valence-corrected chi connectivity index (χ0v) is 18.7. The van der Waals surface area contributed by atoms with E-state index in [1.807, 2.05) is 7.05 Å². The molecule has 7 heteroatoms. The second-order valence-electron chi connectivity index (χ2n) is 8.25. The lowest BCUT2D eigenvalue weighted by atomic mass is 10.1. The number of rotatable bonds is 10. The van der Waals surface area contributed by atoms with E-state index >= 15 is 0 Å². The van der Waals surface area contributed by atoms with Crippen molar-refractivity contribution in [3.8, 4) is 0 Å². The molecule has 2 N–H and O–H groups in total. The van der Waals surface area contributed by atoms with Crippen LogP contribution < -0.4 is 15.5 Å². The van der Waals surface area contributed by atoms with Crippen molar-refractivity contribution in [1.82, 2.24) is 15.5 Å². The molecule has 0 radical (unpaired) electrons. The minimum atomic E-state index is 0.471. The molecule has 0 spiro atoms. The molecule has 30 heavy (non-hydrogen) atoms. The van der Waals surface area contributed by atoms with E-state index in [0.29, 0.717) is 12.0 Å². The van der Waals surface area contributed by atoms with Gasteiger partial charge in [-0.1, -0.05) is 18.2 Å². The largest absolute Gasteiger partial charge is 0.381 e. The van der Waals surface area contributed by atoms with Crippen LogP contribution in [0.3, 0.4) is 0 Å². The molecular weight excluding hydrogens is 378 g/mol. The van der Waals surface area contributed by atoms with Crippen LogP contribution in [0.1, 0.15) is 19.8 Å². The molecule has 168 valence electrons. The Bertz CT molecular complexity index is 613. The first-order valence-corrected chi connectivity index (χ1v) is 11.4. The van der Waals surface area contributed by atoms with Crippen LogP contribution >= 0.6 is 0 Å². The third-order valence-electron chi connectivity index (χ3n) is 5.98. The van der Waals surface area contributed by atoms with Gasteiger partial charge in [0.05, 0.1) is 13.2 Å². The van der Waals surface area contributed by atoms with Crippen LogP contribution in [-0.2, 0) is 9.47 Å². The highest BCUT2D eigenvalue weighted by Gasteiger charge is 2.21. The molecule has 2 aliphatic heterocycles. The van der Waals surface area contributed by atoms with Crippen LogP contribution in [0.25, 0.3) is 0 Å². The normalized spacial score (nSPS) is 21.6. The molecule has 0 amide bonds. The molecule has 2 unspecified atom stereocenters. The molecule has 0 saturated carbocycles. The zero-order valence-electron chi connectivity index (χ0n) is 18.7. The van der Waals surface area contributed by atoms with Gasteiger partial charge in [-0.2, -0.15) is 0 Å². The number of hydrogen-bond acceptors (Lipinski definition) is 5. The smallest absolute Gasteiger partial charge is 0.191 e. The Morgan fingerprint density at radius 2 is 2.00 bits per heavy atom. The molecule has 2 atom stereocenters. The fourth-order valence-electron chi connectivity index (χ4n) is 4.00. The maximum absolute atomic E-state index is 5.76. The number of piperazine rings is 1. The van der Waals surface area contributed by atoms with E-state index in [1.165, 1.54) is 5.69 Å². The summed E-state index contributed by atoms with van der Waals surface area (Å²) in [5.74, 6) is 1.46. The highest BCUT2D eigenvalue weighted by atomic mass is 16.5. The fraction of sp³-hybridized carbons (Fsp3) is 0.696. The van der Waals surface area contributed by atoms with E-state index in [1.54, 1.807) is 0 Å². The lowest BCUT2D eigenvalue weighted by Gasteiger charge is -2.39. The molecule has 2 fully saturated rings. The minimum absolute atomic E-state index is 0.471. The Labute approximate surface area is 181 Å². The van der Waals surface area contributed by atoms with Gasteiger partial charge in [0, 0.05) is 77.2 Å². The predicted molar refractivity (Wildman–Crippen MR) is 123 cm³/mol. The predicted octanol–water partition coefficient (Wildman–Crippen LogP) is 1.81. The molecule has 1 aromatic rings. The molecule has 2 saturated heterocycles. The number of aliphatic imine (C=N–C) groups is 1. The first-order chi connectivity index (χ1) is 14.8. The summed E-state index contributed by atoms with van der Waals surface area (Å²) >= 11 is 0. The van der Waals surface area contributed by atoms with Gasteiger partial charge in [0.15, 0.2) is 5.96 Å². The summed E-state index contributed by atoms with van der Waals surface area (Å²) in [5, 5.41) is 6.86. The van der Waals surface area contributed by atoms with E-state index in [2.05, 4.69) is 62.7 Å². The quantitative estimate of drug-likeness (QED) is 0.344. The number of benzene rings is 1. The third-order valence-corrected chi connectivity index (χ3v) is 5.98. The van der Waals surface area contributed by atoms with Gasteiger partial charge in [0.25, 0.3) is 0 Å². The number of anilines is 1. The van der Waals surface area contributed by atoms with E-state index in [4.69, 9.17) is 9.47 Å². The fourth-order valence-corrected chi connectivity index (χ4v) is 4.00. The monoisotopic (exact) mass is 417 g/mol. The second-order valence-corrected chi connectivity index (χ2v) is 8.25. The first-order valence-electron chi connectivity index (χ1n) is 11.4. The molecule has 2 aliphatic rings. The van der Waals surface area contributed by atoms with Crippen molar-refractivity contribution in [3.05, 3.63) is 30.3 Å². The molecule has 7 nitrogen and oxygen atoms in total. The van der Waals surface area contributed by atoms with Gasteiger partial charge in [0.1, 0.15) is 0 Å². The summed E-state index contributed by atoms with van der Waals surface area (Å²) in [6, 6.07) is 11.2. The van der Waals surface area contributed by atoms with Crippen molar-refractivity contribution < 1.29 is 9.47 Å². The average molecular weight is 418 g/mol. The van der Waals surface area contributed by atoms with E-state index in [-0.39, 0.29) is 0 Å². The van der Waals surface area contributed by atoms with Crippen LogP contribution in [0.2, 0.25) is 0 Å². The zero-order chi connectivity index (χ0) is 21.0. The number of nitrogens with one attached hydrogen (secondary N) is 2. The number of hydrogen-bond donors (Lipinski definition) is 2. The van der Waals surface area contributed by atoms with Crippen LogP contribution in [0.4, 0.5) is 5.69 Å². The van der Waals surface area contributed by atoms with Crippen molar-refractivity contribution in [1.29, 1.82) is 0 Å². The van der Waals surface area contributed by atoms with Gasteiger partial charge in [-0.05, 0) is 31.9 Å². The summed E-state index contributed by atoms with van der Waals surface area (Å²) in [6.07, 6.45) is 2.11. The Morgan fingerprint density at radius 3 is 2.70 bits per heavy atom. The minimum Gasteiger partial charge on any atom is -0.381 e. The Balaban J connectivity index is 1.25.